The second-order valence-electron chi connectivity index (χ2n) is 5.54. The van der Waals surface area contributed by atoms with E-state index in [-0.39, 0.29) is 23.0 Å². The van der Waals surface area contributed by atoms with Gasteiger partial charge in [0.25, 0.3) is 5.69 Å². The Labute approximate surface area is 123 Å². The van der Waals surface area contributed by atoms with Crippen LogP contribution in [-0.4, -0.2) is 22.0 Å². The Bertz CT molecular complexity index is 512. The maximum absolute atomic E-state index is 11.3. The number of benzene rings is 1. The highest BCUT2D eigenvalue weighted by molar-refractivity contribution is 5.96. The van der Waals surface area contributed by atoms with Gasteiger partial charge in [0.2, 0.25) is 0 Å². The summed E-state index contributed by atoms with van der Waals surface area (Å²) in [5, 5.41) is 23.5. The smallest absolute Gasteiger partial charge is 0.338 e. The zero-order chi connectivity index (χ0) is 15.4. The van der Waals surface area contributed by atoms with Crippen LogP contribution in [0, 0.1) is 16.0 Å². The van der Waals surface area contributed by atoms with Crippen LogP contribution < -0.4 is 5.32 Å². The van der Waals surface area contributed by atoms with E-state index in [4.69, 9.17) is 0 Å². The van der Waals surface area contributed by atoms with Crippen LogP contribution in [0.4, 0.5) is 11.4 Å². The summed E-state index contributed by atoms with van der Waals surface area (Å²) >= 11 is 0. The number of nitro benzene ring substituents is 1. The van der Waals surface area contributed by atoms with Gasteiger partial charge in [0.15, 0.2) is 0 Å². The van der Waals surface area contributed by atoms with Gasteiger partial charge < -0.3 is 10.4 Å². The number of anilines is 1. The minimum atomic E-state index is -1.15. The molecule has 1 aliphatic rings. The topological polar surface area (TPSA) is 92.5 Å². The summed E-state index contributed by atoms with van der Waals surface area (Å²) in [6.45, 7) is 2.14. The van der Waals surface area contributed by atoms with Gasteiger partial charge in [-0.05, 0) is 24.8 Å². The molecule has 1 aliphatic carbocycles. The summed E-state index contributed by atoms with van der Waals surface area (Å²) in [5.41, 5.74) is -0.0758. The van der Waals surface area contributed by atoms with Crippen molar-refractivity contribution in [1.82, 2.24) is 0 Å². The number of nitrogens with zero attached hydrogens (tertiary/aromatic N) is 1. The van der Waals surface area contributed by atoms with Crippen molar-refractivity contribution in [3.8, 4) is 0 Å². The molecule has 1 saturated carbocycles. The minimum absolute atomic E-state index is 0.0391. The van der Waals surface area contributed by atoms with Crippen molar-refractivity contribution in [1.29, 1.82) is 0 Å². The van der Waals surface area contributed by atoms with Gasteiger partial charge in [-0.25, -0.2) is 4.79 Å². The number of nitro groups is 1. The first-order valence-electron chi connectivity index (χ1n) is 7.30. The van der Waals surface area contributed by atoms with Crippen LogP contribution in [0.2, 0.25) is 0 Å². The molecule has 0 heterocycles. The third-order valence-electron chi connectivity index (χ3n) is 4.18. The van der Waals surface area contributed by atoms with Crippen LogP contribution in [0.5, 0.6) is 0 Å². The fourth-order valence-electron chi connectivity index (χ4n) is 3.02. The number of rotatable bonds is 5. The molecule has 114 valence electrons. The molecule has 21 heavy (non-hydrogen) atoms. The predicted octanol–water partition coefficient (Wildman–Crippen LogP) is 3.67. The maximum Gasteiger partial charge on any atom is 0.338 e. The second kappa shape index (κ2) is 6.56. The predicted molar refractivity (Wildman–Crippen MR) is 79.7 cm³/mol. The Morgan fingerprint density at radius 1 is 1.48 bits per heavy atom. The number of hydrogen-bond donors (Lipinski definition) is 2. The summed E-state index contributed by atoms with van der Waals surface area (Å²) in [4.78, 5) is 21.9. The Kier molecular flexibility index (Phi) is 4.77. The van der Waals surface area contributed by atoms with E-state index in [1.54, 1.807) is 0 Å². The molecule has 2 rings (SSSR count). The van der Waals surface area contributed by atoms with Crippen molar-refractivity contribution in [3.63, 3.8) is 0 Å². The molecule has 1 aromatic carbocycles. The van der Waals surface area contributed by atoms with Gasteiger partial charge >= 0.3 is 5.97 Å². The van der Waals surface area contributed by atoms with E-state index in [9.17, 15) is 20.0 Å². The Morgan fingerprint density at radius 2 is 2.24 bits per heavy atom. The zero-order valence-corrected chi connectivity index (χ0v) is 12.0. The van der Waals surface area contributed by atoms with Crippen LogP contribution in [0.3, 0.4) is 0 Å². The standard InChI is InChI=1S/C15H20N2O4/c1-2-10-5-3-6-11(9-10)16-14-12(15(18)19)7-4-8-13(14)17(20)21/h4,7-8,10-11,16H,2-3,5-6,9H2,1H3,(H,18,19). The fraction of sp³-hybridized carbons (Fsp3) is 0.533. The van der Waals surface area contributed by atoms with Gasteiger partial charge in [0, 0.05) is 12.1 Å². The lowest BCUT2D eigenvalue weighted by Crippen LogP contribution is -2.28. The summed E-state index contributed by atoms with van der Waals surface area (Å²) in [6.07, 6.45) is 5.18. The van der Waals surface area contributed by atoms with Crippen LogP contribution in [0.25, 0.3) is 0 Å². The monoisotopic (exact) mass is 292 g/mol. The average Bonchev–Trinajstić information content (AvgIpc) is 2.47. The lowest BCUT2D eigenvalue weighted by molar-refractivity contribution is -0.384. The Balaban J connectivity index is 2.29. The first-order chi connectivity index (χ1) is 10.0. The summed E-state index contributed by atoms with van der Waals surface area (Å²) < 4.78 is 0. The molecule has 0 spiro atoms. The molecule has 2 atom stereocenters. The number of hydrogen-bond acceptors (Lipinski definition) is 4. The molecule has 2 N–H and O–H groups in total. The number of carbonyl (C=O) groups is 1. The molecule has 0 saturated heterocycles. The first-order valence-corrected chi connectivity index (χ1v) is 7.30. The SMILES string of the molecule is CCC1CCCC(Nc2c(C(=O)O)cccc2[N+](=O)[O-])C1. The maximum atomic E-state index is 11.3. The molecule has 0 amide bonds. The number of carboxylic acid groups (broad SMARTS) is 1. The Morgan fingerprint density at radius 3 is 2.86 bits per heavy atom. The van der Waals surface area contributed by atoms with E-state index in [1.165, 1.54) is 24.6 Å². The highest BCUT2D eigenvalue weighted by atomic mass is 16.6. The normalized spacial score (nSPS) is 21.8. The molecular weight excluding hydrogens is 272 g/mol. The van der Waals surface area contributed by atoms with Crippen molar-refractivity contribution in [2.75, 3.05) is 5.32 Å². The quantitative estimate of drug-likeness (QED) is 0.638. The summed E-state index contributed by atoms with van der Waals surface area (Å²) in [6, 6.07) is 4.25. The van der Waals surface area contributed by atoms with Gasteiger partial charge in [-0.1, -0.05) is 32.3 Å². The van der Waals surface area contributed by atoms with E-state index in [1.807, 2.05) is 0 Å². The van der Waals surface area contributed by atoms with Crippen molar-refractivity contribution in [2.24, 2.45) is 5.92 Å². The fourth-order valence-corrected chi connectivity index (χ4v) is 3.02. The van der Waals surface area contributed by atoms with Gasteiger partial charge in [0.1, 0.15) is 5.69 Å². The highest BCUT2D eigenvalue weighted by Gasteiger charge is 2.26. The first kappa shape index (κ1) is 15.3. The molecule has 0 aliphatic heterocycles. The van der Waals surface area contributed by atoms with Crippen molar-refractivity contribution in [2.45, 2.75) is 45.1 Å². The van der Waals surface area contributed by atoms with Gasteiger partial charge in [-0.15, -0.1) is 0 Å². The molecular formula is C15H20N2O4. The second-order valence-corrected chi connectivity index (χ2v) is 5.54. The molecule has 1 aromatic rings. The van der Waals surface area contributed by atoms with Crippen molar-refractivity contribution >= 4 is 17.3 Å². The van der Waals surface area contributed by atoms with Crippen molar-refractivity contribution in [3.05, 3.63) is 33.9 Å². The zero-order valence-electron chi connectivity index (χ0n) is 12.0. The van der Waals surface area contributed by atoms with Gasteiger partial charge in [-0.2, -0.15) is 0 Å². The third-order valence-corrected chi connectivity index (χ3v) is 4.18. The van der Waals surface area contributed by atoms with E-state index in [2.05, 4.69) is 12.2 Å². The van der Waals surface area contributed by atoms with E-state index < -0.39 is 10.9 Å². The van der Waals surface area contributed by atoms with Crippen LogP contribution in [-0.2, 0) is 0 Å². The summed E-state index contributed by atoms with van der Waals surface area (Å²) in [5.74, 6) is -0.545. The molecule has 0 radical (unpaired) electrons. The lowest BCUT2D eigenvalue weighted by Gasteiger charge is -2.30. The number of carboxylic acids is 1. The number of para-hydroxylation sites is 1. The summed E-state index contributed by atoms with van der Waals surface area (Å²) in [7, 11) is 0. The molecule has 0 aromatic heterocycles. The minimum Gasteiger partial charge on any atom is -0.478 e. The van der Waals surface area contributed by atoms with Crippen LogP contribution >= 0.6 is 0 Å². The molecule has 6 nitrogen and oxygen atoms in total. The molecule has 2 unspecified atom stereocenters. The van der Waals surface area contributed by atoms with Crippen LogP contribution in [0.15, 0.2) is 18.2 Å². The molecule has 6 heteroatoms. The molecule has 0 bridgehead atoms. The largest absolute Gasteiger partial charge is 0.478 e. The third kappa shape index (κ3) is 3.51. The Hall–Kier alpha value is -2.11. The van der Waals surface area contributed by atoms with Crippen LogP contribution in [0.1, 0.15) is 49.4 Å². The number of aromatic carboxylic acids is 1. The van der Waals surface area contributed by atoms with Gasteiger partial charge in [-0.3, -0.25) is 10.1 Å². The number of nitrogens with one attached hydrogen (secondary N) is 1. The van der Waals surface area contributed by atoms with E-state index in [0.717, 1.165) is 25.7 Å². The van der Waals surface area contributed by atoms with Crippen molar-refractivity contribution < 1.29 is 14.8 Å². The lowest BCUT2D eigenvalue weighted by atomic mass is 9.84. The van der Waals surface area contributed by atoms with E-state index in [0.29, 0.717) is 5.92 Å². The van der Waals surface area contributed by atoms with Gasteiger partial charge in [0.05, 0.1) is 10.5 Å². The van der Waals surface area contributed by atoms with E-state index >= 15 is 0 Å². The molecule has 1 fully saturated rings. The highest BCUT2D eigenvalue weighted by Crippen LogP contribution is 2.33. The average molecular weight is 292 g/mol.